The van der Waals surface area contributed by atoms with Crippen molar-refractivity contribution < 1.29 is 32.2 Å². The molecule has 0 aromatic heterocycles. The molecule has 0 unspecified atom stereocenters. The monoisotopic (exact) mass is 435 g/mol. The quantitative estimate of drug-likeness (QED) is 0.648. The number of hydrogen-bond acceptors (Lipinski definition) is 5. The smallest absolute Gasteiger partial charge is 0.416 e. The summed E-state index contributed by atoms with van der Waals surface area (Å²) in [6.07, 6.45) is -1.82. The molecule has 1 aromatic rings. The van der Waals surface area contributed by atoms with E-state index in [2.05, 4.69) is 4.99 Å². The number of nitrogens with zero attached hydrogens (tertiary/aromatic N) is 1. The van der Waals surface area contributed by atoms with Gasteiger partial charge in [0.2, 0.25) is 0 Å². The fourth-order valence-corrected chi connectivity index (χ4v) is 4.77. The molecule has 1 aromatic carbocycles. The van der Waals surface area contributed by atoms with E-state index in [0.29, 0.717) is 30.9 Å². The Labute approximate surface area is 178 Å². The number of benzene rings is 1. The van der Waals surface area contributed by atoms with Gasteiger partial charge in [0.1, 0.15) is 12.4 Å². The maximum Gasteiger partial charge on any atom is 0.416 e. The first-order valence-electron chi connectivity index (χ1n) is 10.5. The number of ketones is 1. The van der Waals surface area contributed by atoms with E-state index >= 15 is 0 Å². The van der Waals surface area contributed by atoms with Crippen molar-refractivity contribution in [2.24, 2.45) is 10.9 Å². The maximum absolute atomic E-state index is 13.8. The Hall–Kier alpha value is -2.48. The summed E-state index contributed by atoms with van der Waals surface area (Å²) in [4.78, 5) is 30.4. The molecule has 0 bridgehead atoms. The standard InChI is InChI=1S/C23H24F3NO4/c1-13-19(22(29)31-12-14-6-5-11-30-14)20(21-17(27-13)9-4-10-18(21)28)15-7-2-3-8-16(15)23(24,25)26/h2-3,7-8,14,20-21H,4-6,9-12H2,1H3/t14-,20-,21-/m1/s1. The number of carbonyl (C=O) groups is 2. The summed E-state index contributed by atoms with van der Waals surface area (Å²) in [6.45, 7) is 2.21. The molecule has 2 aliphatic heterocycles. The number of hydrogen-bond donors (Lipinski definition) is 0. The summed E-state index contributed by atoms with van der Waals surface area (Å²) in [5.74, 6) is -2.89. The van der Waals surface area contributed by atoms with Crippen molar-refractivity contribution >= 4 is 17.5 Å². The zero-order valence-electron chi connectivity index (χ0n) is 17.2. The second-order valence-electron chi connectivity index (χ2n) is 8.20. The molecule has 5 nitrogen and oxygen atoms in total. The van der Waals surface area contributed by atoms with Crippen molar-refractivity contribution in [1.29, 1.82) is 0 Å². The minimum Gasteiger partial charge on any atom is -0.460 e. The van der Waals surface area contributed by atoms with Crippen LogP contribution in [0.15, 0.2) is 40.5 Å². The largest absolute Gasteiger partial charge is 0.460 e. The second-order valence-corrected chi connectivity index (χ2v) is 8.20. The molecule has 31 heavy (non-hydrogen) atoms. The molecule has 0 N–H and O–H groups in total. The van der Waals surface area contributed by atoms with E-state index < -0.39 is 29.5 Å². The Kier molecular flexibility index (Phi) is 6.01. The highest BCUT2D eigenvalue weighted by Crippen LogP contribution is 2.46. The van der Waals surface area contributed by atoms with E-state index in [-0.39, 0.29) is 36.1 Å². The zero-order chi connectivity index (χ0) is 22.2. The number of Topliss-reactive ketones (excluding diaryl/α,β-unsaturated/α-hetero) is 1. The molecule has 4 rings (SSSR count). The van der Waals surface area contributed by atoms with Gasteiger partial charge in [-0.1, -0.05) is 18.2 Å². The summed E-state index contributed by atoms with van der Waals surface area (Å²) < 4.78 is 52.4. The van der Waals surface area contributed by atoms with Crippen LogP contribution in [0.2, 0.25) is 0 Å². The lowest BCUT2D eigenvalue weighted by Crippen LogP contribution is -2.40. The second kappa shape index (κ2) is 8.57. The number of aliphatic imine (C=N–C) groups is 1. The van der Waals surface area contributed by atoms with Crippen molar-refractivity contribution in [3.05, 3.63) is 46.7 Å². The van der Waals surface area contributed by atoms with Crippen LogP contribution in [0.25, 0.3) is 0 Å². The Morgan fingerprint density at radius 3 is 2.68 bits per heavy atom. The molecule has 1 aliphatic carbocycles. The van der Waals surface area contributed by atoms with Crippen molar-refractivity contribution in [3.8, 4) is 0 Å². The number of halogens is 3. The highest BCUT2D eigenvalue weighted by molar-refractivity contribution is 6.11. The van der Waals surface area contributed by atoms with E-state index in [1.807, 2.05) is 0 Å². The number of allylic oxidation sites excluding steroid dienone is 1. The predicted octanol–water partition coefficient (Wildman–Crippen LogP) is 4.61. The third kappa shape index (κ3) is 4.31. The molecule has 8 heteroatoms. The maximum atomic E-state index is 13.8. The molecule has 166 valence electrons. The van der Waals surface area contributed by atoms with Crippen molar-refractivity contribution in [3.63, 3.8) is 0 Å². The van der Waals surface area contributed by atoms with Gasteiger partial charge in [0, 0.05) is 30.4 Å². The molecule has 3 atom stereocenters. The van der Waals surface area contributed by atoms with Crippen LogP contribution in [0.3, 0.4) is 0 Å². The molecule has 2 fully saturated rings. The van der Waals surface area contributed by atoms with Gasteiger partial charge in [-0.05, 0) is 44.2 Å². The van der Waals surface area contributed by atoms with Gasteiger partial charge >= 0.3 is 12.1 Å². The van der Waals surface area contributed by atoms with Crippen LogP contribution >= 0.6 is 0 Å². The van der Waals surface area contributed by atoms with Gasteiger partial charge in [-0.15, -0.1) is 0 Å². The van der Waals surface area contributed by atoms with E-state index in [1.165, 1.54) is 18.2 Å². The fraction of sp³-hybridized carbons (Fsp3) is 0.522. The van der Waals surface area contributed by atoms with E-state index in [0.717, 1.165) is 18.9 Å². The molecule has 0 spiro atoms. The van der Waals surface area contributed by atoms with Crippen molar-refractivity contribution in [2.75, 3.05) is 13.2 Å². The van der Waals surface area contributed by atoms with E-state index in [4.69, 9.17) is 9.47 Å². The fourth-order valence-electron chi connectivity index (χ4n) is 4.77. The van der Waals surface area contributed by atoms with Crippen LogP contribution in [0.4, 0.5) is 13.2 Å². The summed E-state index contributed by atoms with van der Waals surface area (Å²) >= 11 is 0. The van der Waals surface area contributed by atoms with Crippen LogP contribution in [0.1, 0.15) is 56.1 Å². The molecule has 2 heterocycles. The van der Waals surface area contributed by atoms with Gasteiger partial charge in [0.05, 0.1) is 23.2 Å². The van der Waals surface area contributed by atoms with Gasteiger partial charge in [0.15, 0.2) is 0 Å². The lowest BCUT2D eigenvalue weighted by molar-refractivity contribution is -0.143. The lowest BCUT2D eigenvalue weighted by Gasteiger charge is -2.36. The number of alkyl halides is 3. The summed E-state index contributed by atoms with van der Waals surface area (Å²) in [5, 5.41) is 0. The lowest BCUT2D eigenvalue weighted by atomic mass is 9.68. The molecule has 1 saturated carbocycles. The average Bonchev–Trinajstić information content (AvgIpc) is 3.24. The molecule has 0 radical (unpaired) electrons. The first kappa shape index (κ1) is 21.7. The Bertz CT molecular complexity index is 944. The molecular weight excluding hydrogens is 411 g/mol. The van der Waals surface area contributed by atoms with E-state index in [1.54, 1.807) is 6.92 Å². The first-order chi connectivity index (χ1) is 14.8. The predicted molar refractivity (Wildman–Crippen MR) is 107 cm³/mol. The van der Waals surface area contributed by atoms with Crippen molar-refractivity contribution in [2.45, 2.75) is 57.2 Å². The Morgan fingerprint density at radius 2 is 1.97 bits per heavy atom. The van der Waals surface area contributed by atoms with Gasteiger partial charge in [0.25, 0.3) is 0 Å². The third-order valence-corrected chi connectivity index (χ3v) is 6.15. The molecule has 0 amide bonds. The molecular formula is C23H24F3NO4. The minimum atomic E-state index is -4.62. The number of carbonyl (C=O) groups excluding carboxylic acids is 2. The van der Waals surface area contributed by atoms with Gasteiger partial charge < -0.3 is 9.47 Å². The minimum absolute atomic E-state index is 0.0262. The summed E-state index contributed by atoms with van der Waals surface area (Å²) in [5.41, 5.74) is -0.0618. The average molecular weight is 435 g/mol. The zero-order valence-corrected chi connectivity index (χ0v) is 17.2. The topological polar surface area (TPSA) is 65.0 Å². The van der Waals surface area contributed by atoms with Crippen LogP contribution < -0.4 is 0 Å². The Morgan fingerprint density at radius 1 is 1.19 bits per heavy atom. The van der Waals surface area contributed by atoms with Crippen LogP contribution in [0.5, 0.6) is 0 Å². The number of rotatable bonds is 4. The van der Waals surface area contributed by atoms with Gasteiger partial charge in [-0.2, -0.15) is 13.2 Å². The Balaban J connectivity index is 1.77. The summed E-state index contributed by atoms with van der Waals surface area (Å²) in [7, 11) is 0. The molecule has 3 aliphatic rings. The highest BCUT2D eigenvalue weighted by Gasteiger charge is 2.47. The van der Waals surface area contributed by atoms with Crippen molar-refractivity contribution in [1.82, 2.24) is 0 Å². The highest BCUT2D eigenvalue weighted by atomic mass is 19.4. The first-order valence-corrected chi connectivity index (χ1v) is 10.5. The summed E-state index contributed by atoms with van der Waals surface area (Å²) in [6, 6.07) is 5.13. The number of fused-ring (bicyclic) bond motifs is 1. The van der Waals surface area contributed by atoms with Crippen LogP contribution in [0, 0.1) is 5.92 Å². The van der Waals surface area contributed by atoms with Gasteiger partial charge in [-0.3, -0.25) is 9.79 Å². The normalized spacial score (nSPS) is 26.5. The van der Waals surface area contributed by atoms with Crippen LogP contribution in [-0.2, 0) is 25.2 Å². The van der Waals surface area contributed by atoms with E-state index in [9.17, 15) is 22.8 Å². The molecule has 1 saturated heterocycles. The third-order valence-electron chi connectivity index (χ3n) is 6.15. The van der Waals surface area contributed by atoms with Gasteiger partial charge in [-0.25, -0.2) is 4.79 Å². The number of esters is 1. The van der Waals surface area contributed by atoms with Crippen LogP contribution in [-0.4, -0.2) is 36.8 Å². The number of ether oxygens (including phenoxy) is 2. The SMILES string of the molecule is CC1=C(C(=O)OC[C@H]2CCCO2)[C@@H](c2ccccc2C(F)(F)F)[C@H]2C(=O)CCCC2=N1.